The number of hydrogen-bond acceptors (Lipinski definition) is 3. The summed E-state index contributed by atoms with van der Waals surface area (Å²) >= 11 is 0. The second-order valence-electron chi connectivity index (χ2n) is 6.47. The molecular weight excluding hydrogens is 212 g/mol. The van der Waals surface area contributed by atoms with Crippen molar-refractivity contribution in [3.63, 3.8) is 0 Å². The van der Waals surface area contributed by atoms with E-state index in [2.05, 4.69) is 17.1 Å². The van der Waals surface area contributed by atoms with E-state index in [1.54, 1.807) is 0 Å². The van der Waals surface area contributed by atoms with Crippen LogP contribution in [0.1, 0.15) is 39.0 Å². The topological polar surface area (TPSA) is 24.5 Å². The monoisotopic (exact) mass is 238 g/mol. The molecule has 2 heterocycles. The maximum atomic E-state index is 5.95. The molecule has 3 fully saturated rings. The van der Waals surface area contributed by atoms with Crippen LogP contribution in [0.3, 0.4) is 0 Å². The number of nitrogens with zero attached hydrogens (tertiary/aromatic N) is 1. The van der Waals surface area contributed by atoms with Gasteiger partial charge in [-0.1, -0.05) is 19.8 Å². The Bertz CT molecular complexity index is 261. The third kappa shape index (κ3) is 2.51. The molecule has 3 atom stereocenters. The van der Waals surface area contributed by atoms with Crippen LogP contribution in [-0.2, 0) is 4.74 Å². The van der Waals surface area contributed by atoms with Gasteiger partial charge in [-0.25, -0.2) is 0 Å². The van der Waals surface area contributed by atoms with E-state index in [9.17, 15) is 0 Å². The van der Waals surface area contributed by atoms with E-state index in [0.29, 0.717) is 11.5 Å². The standard InChI is InChI=1S/C14H26N2O/c1-14(6-7-15-10-14)11-16-8-9-17-13-5-3-2-4-12(13)16/h12-13,15H,2-11H2,1H3. The average Bonchev–Trinajstić information content (AvgIpc) is 2.76. The zero-order valence-electron chi connectivity index (χ0n) is 11.1. The van der Waals surface area contributed by atoms with Crippen molar-refractivity contribution < 1.29 is 4.74 Å². The molecule has 0 radical (unpaired) electrons. The SMILES string of the molecule is CC1(CN2CCOC3CCCCC32)CCNC1. The summed E-state index contributed by atoms with van der Waals surface area (Å²) in [6.45, 7) is 8.21. The summed E-state index contributed by atoms with van der Waals surface area (Å²) < 4.78 is 5.95. The predicted molar refractivity (Wildman–Crippen MR) is 69.2 cm³/mol. The van der Waals surface area contributed by atoms with Crippen molar-refractivity contribution in [1.29, 1.82) is 0 Å². The number of nitrogens with one attached hydrogen (secondary N) is 1. The Morgan fingerprint density at radius 3 is 3.06 bits per heavy atom. The van der Waals surface area contributed by atoms with Crippen molar-refractivity contribution in [3.8, 4) is 0 Å². The van der Waals surface area contributed by atoms with E-state index in [4.69, 9.17) is 4.74 Å². The van der Waals surface area contributed by atoms with Crippen LogP contribution in [0.4, 0.5) is 0 Å². The van der Waals surface area contributed by atoms with Crippen LogP contribution in [0.5, 0.6) is 0 Å². The zero-order valence-corrected chi connectivity index (χ0v) is 11.1. The van der Waals surface area contributed by atoms with Gasteiger partial charge in [0.05, 0.1) is 12.7 Å². The minimum Gasteiger partial charge on any atom is -0.375 e. The summed E-state index contributed by atoms with van der Waals surface area (Å²) in [5.74, 6) is 0. The Balaban J connectivity index is 1.64. The van der Waals surface area contributed by atoms with Crippen LogP contribution >= 0.6 is 0 Å². The van der Waals surface area contributed by atoms with Gasteiger partial charge in [-0.15, -0.1) is 0 Å². The highest BCUT2D eigenvalue weighted by Crippen LogP contribution is 2.33. The van der Waals surface area contributed by atoms with Crippen molar-refractivity contribution in [2.24, 2.45) is 5.41 Å². The maximum absolute atomic E-state index is 5.95. The zero-order chi connectivity index (χ0) is 11.7. The lowest BCUT2D eigenvalue weighted by Crippen LogP contribution is -2.55. The van der Waals surface area contributed by atoms with Crippen LogP contribution in [0.2, 0.25) is 0 Å². The van der Waals surface area contributed by atoms with E-state index >= 15 is 0 Å². The molecule has 0 bridgehead atoms. The first kappa shape index (κ1) is 11.9. The van der Waals surface area contributed by atoms with Gasteiger partial charge in [0.25, 0.3) is 0 Å². The Hall–Kier alpha value is -0.120. The average molecular weight is 238 g/mol. The lowest BCUT2D eigenvalue weighted by Gasteiger charge is -2.46. The Kier molecular flexibility index (Phi) is 3.42. The molecule has 0 spiro atoms. The van der Waals surface area contributed by atoms with Crippen molar-refractivity contribution in [1.82, 2.24) is 10.2 Å². The highest BCUT2D eigenvalue weighted by atomic mass is 16.5. The van der Waals surface area contributed by atoms with Crippen molar-refractivity contribution in [3.05, 3.63) is 0 Å². The second kappa shape index (κ2) is 4.87. The van der Waals surface area contributed by atoms with Gasteiger partial charge >= 0.3 is 0 Å². The predicted octanol–water partition coefficient (Wildman–Crippen LogP) is 1.63. The molecule has 0 aromatic heterocycles. The minimum atomic E-state index is 0.499. The van der Waals surface area contributed by atoms with E-state index < -0.39 is 0 Å². The molecule has 3 unspecified atom stereocenters. The summed E-state index contributed by atoms with van der Waals surface area (Å²) in [5, 5.41) is 3.52. The molecule has 3 rings (SSSR count). The fourth-order valence-corrected chi connectivity index (χ4v) is 3.87. The molecule has 3 nitrogen and oxygen atoms in total. The Morgan fingerprint density at radius 2 is 2.24 bits per heavy atom. The summed E-state index contributed by atoms with van der Waals surface area (Å²) in [6, 6.07) is 0.718. The largest absolute Gasteiger partial charge is 0.375 e. The lowest BCUT2D eigenvalue weighted by atomic mass is 9.85. The molecule has 1 aliphatic carbocycles. The smallest absolute Gasteiger partial charge is 0.0730 e. The first-order chi connectivity index (χ1) is 8.27. The van der Waals surface area contributed by atoms with E-state index in [0.717, 1.165) is 19.2 Å². The second-order valence-corrected chi connectivity index (χ2v) is 6.47. The molecule has 3 aliphatic rings. The van der Waals surface area contributed by atoms with Crippen molar-refractivity contribution >= 4 is 0 Å². The van der Waals surface area contributed by atoms with E-state index in [1.165, 1.54) is 51.7 Å². The fraction of sp³-hybridized carbons (Fsp3) is 1.00. The number of fused-ring (bicyclic) bond motifs is 1. The van der Waals surface area contributed by atoms with E-state index in [1.807, 2.05) is 0 Å². The van der Waals surface area contributed by atoms with Crippen LogP contribution in [-0.4, -0.2) is 49.8 Å². The molecule has 2 aliphatic heterocycles. The molecular formula is C14H26N2O. The summed E-state index contributed by atoms with van der Waals surface area (Å²) in [7, 11) is 0. The fourth-order valence-electron chi connectivity index (χ4n) is 3.87. The third-order valence-electron chi connectivity index (χ3n) is 4.89. The maximum Gasteiger partial charge on any atom is 0.0730 e. The number of morpholine rings is 1. The molecule has 0 aromatic rings. The first-order valence-corrected chi connectivity index (χ1v) is 7.33. The first-order valence-electron chi connectivity index (χ1n) is 7.33. The van der Waals surface area contributed by atoms with Gasteiger partial charge in [0.2, 0.25) is 0 Å². The van der Waals surface area contributed by atoms with E-state index in [-0.39, 0.29) is 0 Å². The quantitative estimate of drug-likeness (QED) is 0.791. The van der Waals surface area contributed by atoms with Gasteiger partial charge in [0.15, 0.2) is 0 Å². The van der Waals surface area contributed by atoms with Gasteiger partial charge in [-0.2, -0.15) is 0 Å². The lowest BCUT2D eigenvalue weighted by molar-refractivity contribution is -0.0966. The number of rotatable bonds is 2. The minimum absolute atomic E-state index is 0.499. The van der Waals surface area contributed by atoms with Crippen molar-refractivity contribution in [2.45, 2.75) is 51.2 Å². The summed E-state index contributed by atoms with van der Waals surface area (Å²) in [5.41, 5.74) is 0.499. The van der Waals surface area contributed by atoms with Crippen LogP contribution in [0.15, 0.2) is 0 Å². The highest BCUT2D eigenvalue weighted by Gasteiger charge is 2.38. The normalized spacial score (nSPS) is 43.6. The Labute approximate surface area is 105 Å². The van der Waals surface area contributed by atoms with Crippen LogP contribution in [0, 0.1) is 5.41 Å². The summed E-state index contributed by atoms with van der Waals surface area (Å²) in [4.78, 5) is 2.74. The number of ether oxygens (including phenoxy) is 1. The number of hydrogen-bond donors (Lipinski definition) is 1. The molecule has 1 N–H and O–H groups in total. The van der Waals surface area contributed by atoms with Gasteiger partial charge in [-0.05, 0) is 31.2 Å². The molecule has 1 saturated carbocycles. The molecule has 0 aromatic carbocycles. The molecule has 98 valence electrons. The molecule has 0 amide bonds. The van der Waals surface area contributed by atoms with Gasteiger partial charge in [-0.3, -0.25) is 4.90 Å². The summed E-state index contributed by atoms with van der Waals surface area (Å²) in [6.07, 6.45) is 7.28. The van der Waals surface area contributed by atoms with Crippen LogP contribution < -0.4 is 5.32 Å². The Morgan fingerprint density at radius 1 is 1.35 bits per heavy atom. The van der Waals surface area contributed by atoms with Gasteiger partial charge < -0.3 is 10.1 Å². The molecule has 2 saturated heterocycles. The van der Waals surface area contributed by atoms with Crippen molar-refractivity contribution in [2.75, 3.05) is 32.8 Å². The third-order valence-corrected chi connectivity index (χ3v) is 4.89. The molecule has 3 heteroatoms. The van der Waals surface area contributed by atoms with Gasteiger partial charge in [0.1, 0.15) is 0 Å². The van der Waals surface area contributed by atoms with Crippen LogP contribution in [0.25, 0.3) is 0 Å². The highest BCUT2D eigenvalue weighted by molar-refractivity contribution is 4.93. The molecule has 17 heavy (non-hydrogen) atoms. The van der Waals surface area contributed by atoms with Gasteiger partial charge in [0, 0.05) is 25.7 Å².